The Kier molecular flexibility index (Phi) is 6.08. The molecule has 3 heterocycles. The van der Waals surface area contributed by atoms with Crippen LogP contribution in [-0.4, -0.2) is 60.3 Å². The van der Waals surface area contributed by atoms with Crippen LogP contribution < -0.4 is 9.80 Å². The fourth-order valence-corrected chi connectivity index (χ4v) is 3.89. The van der Waals surface area contributed by atoms with Gasteiger partial charge in [-0.1, -0.05) is 37.3 Å². The van der Waals surface area contributed by atoms with E-state index in [1.54, 1.807) is 6.08 Å². The molecule has 1 aromatic heterocycles. The van der Waals surface area contributed by atoms with Gasteiger partial charge in [-0.3, -0.25) is 4.79 Å². The van der Waals surface area contributed by atoms with E-state index in [0.29, 0.717) is 13.1 Å². The van der Waals surface area contributed by atoms with Crippen LogP contribution in [0.3, 0.4) is 0 Å². The first-order valence-corrected chi connectivity index (χ1v) is 10.5. The van der Waals surface area contributed by atoms with Gasteiger partial charge in [0.2, 0.25) is 5.91 Å². The second-order valence-electron chi connectivity index (χ2n) is 7.98. The van der Waals surface area contributed by atoms with Crippen molar-refractivity contribution in [1.82, 2.24) is 15.1 Å². The van der Waals surface area contributed by atoms with Gasteiger partial charge >= 0.3 is 0 Å². The molecule has 2 saturated heterocycles. The molecule has 2 aliphatic heterocycles. The molecule has 0 spiro atoms. The third-order valence-electron chi connectivity index (χ3n) is 5.88. The van der Waals surface area contributed by atoms with E-state index in [2.05, 4.69) is 39.1 Å². The van der Waals surface area contributed by atoms with Crippen LogP contribution >= 0.6 is 0 Å². The summed E-state index contributed by atoms with van der Waals surface area (Å²) in [5.41, 5.74) is 1.04. The first-order chi connectivity index (χ1) is 14.2. The van der Waals surface area contributed by atoms with Crippen LogP contribution in [0.4, 0.5) is 11.6 Å². The summed E-state index contributed by atoms with van der Waals surface area (Å²) in [5, 5.41) is 8.92. The Morgan fingerprint density at radius 1 is 0.862 bits per heavy atom. The maximum atomic E-state index is 12.4. The summed E-state index contributed by atoms with van der Waals surface area (Å²) in [6.45, 7) is 7.39. The van der Waals surface area contributed by atoms with Gasteiger partial charge in [0.05, 0.1) is 0 Å². The first-order valence-electron chi connectivity index (χ1n) is 10.5. The lowest BCUT2D eigenvalue weighted by Crippen LogP contribution is -2.48. The highest BCUT2D eigenvalue weighted by Crippen LogP contribution is 2.22. The summed E-state index contributed by atoms with van der Waals surface area (Å²) in [7, 11) is 0. The molecule has 4 rings (SSSR count). The zero-order valence-corrected chi connectivity index (χ0v) is 17.1. The number of aromatic nitrogens is 2. The van der Waals surface area contributed by atoms with Crippen molar-refractivity contribution < 1.29 is 4.79 Å². The Hall–Kier alpha value is -2.89. The number of carbonyl (C=O) groups is 1. The molecule has 6 nitrogen and oxygen atoms in total. The minimum absolute atomic E-state index is 0.0641. The lowest BCUT2D eigenvalue weighted by Gasteiger charge is -2.35. The minimum Gasteiger partial charge on any atom is -0.355 e. The summed E-state index contributed by atoms with van der Waals surface area (Å²) < 4.78 is 0. The van der Waals surface area contributed by atoms with Crippen molar-refractivity contribution in [3.63, 3.8) is 0 Å². The number of benzene rings is 1. The van der Waals surface area contributed by atoms with Gasteiger partial charge in [0.1, 0.15) is 0 Å². The molecule has 2 fully saturated rings. The van der Waals surface area contributed by atoms with Crippen molar-refractivity contribution in [1.29, 1.82) is 0 Å². The Bertz CT molecular complexity index is 820. The average molecular weight is 392 g/mol. The molecule has 29 heavy (non-hydrogen) atoms. The standard InChI is InChI=1S/C23H29N5O/c1-19-11-13-26(14-12-19)21-8-9-22(25-24-21)27-15-17-28(18-16-27)23(29)10-7-20-5-3-2-4-6-20/h2-10,19H,11-18H2,1H3/b10-7+. The number of piperidine rings is 1. The van der Waals surface area contributed by atoms with Gasteiger partial charge in [-0.15, -0.1) is 10.2 Å². The highest BCUT2D eigenvalue weighted by atomic mass is 16.2. The van der Waals surface area contributed by atoms with Crippen LogP contribution in [0, 0.1) is 5.92 Å². The van der Waals surface area contributed by atoms with Crippen LogP contribution in [0.2, 0.25) is 0 Å². The molecule has 0 N–H and O–H groups in total. The predicted molar refractivity (Wildman–Crippen MR) is 117 cm³/mol. The molecule has 0 atom stereocenters. The van der Waals surface area contributed by atoms with Crippen LogP contribution in [-0.2, 0) is 4.79 Å². The molecule has 1 aromatic carbocycles. The molecule has 2 aromatic rings. The zero-order chi connectivity index (χ0) is 20.1. The van der Waals surface area contributed by atoms with Crippen molar-refractivity contribution in [3.8, 4) is 0 Å². The third kappa shape index (κ3) is 4.94. The van der Waals surface area contributed by atoms with Gasteiger partial charge in [0.25, 0.3) is 0 Å². The number of rotatable bonds is 4. The summed E-state index contributed by atoms with van der Waals surface area (Å²) >= 11 is 0. The predicted octanol–water partition coefficient (Wildman–Crippen LogP) is 3.07. The summed E-state index contributed by atoms with van der Waals surface area (Å²) in [6.07, 6.45) is 5.98. The quantitative estimate of drug-likeness (QED) is 0.750. The molecule has 0 radical (unpaired) electrons. The molecule has 0 bridgehead atoms. The highest BCUT2D eigenvalue weighted by molar-refractivity contribution is 5.91. The third-order valence-corrected chi connectivity index (χ3v) is 5.88. The smallest absolute Gasteiger partial charge is 0.246 e. The summed E-state index contributed by atoms with van der Waals surface area (Å²) in [4.78, 5) is 18.9. The molecule has 1 amide bonds. The van der Waals surface area contributed by atoms with Crippen molar-refractivity contribution in [2.45, 2.75) is 19.8 Å². The van der Waals surface area contributed by atoms with Crippen molar-refractivity contribution in [2.75, 3.05) is 49.1 Å². The van der Waals surface area contributed by atoms with Crippen molar-refractivity contribution >= 4 is 23.6 Å². The molecule has 0 unspecified atom stereocenters. The van der Waals surface area contributed by atoms with Crippen molar-refractivity contribution in [2.24, 2.45) is 5.92 Å². The van der Waals surface area contributed by atoms with Crippen molar-refractivity contribution in [3.05, 3.63) is 54.1 Å². The number of nitrogens with zero attached hydrogens (tertiary/aromatic N) is 5. The fourth-order valence-electron chi connectivity index (χ4n) is 3.89. The van der Waals surface area contributed by atoms with Gasteiger partial charge < -0.3 is 14.7 Å². The molecule has 2 aliphatic rings. The van der Waals surface area contributed by atoms with E-state index in [1.165, 1.54) is 12.8 Å². The monoisotopic (exact) mass is 391 g/mol. The SMILES string of the molecule is CC1CCN(c2ccc(N3CCN(C(=O)/C=C/c4ccccc4)CC3)nn2)CC1. The zero-order valence-electron chi connectivity index (χ0n) is 17.1. The first kappa shape index (κ1) is 19.4. The number of carbonyl (C=O) groups excluding carboxylic acids is 1. The molecule has 6 heteroatoms. The van der Waals surface area contributed by atoms with E-state index >= 15 is 0 Å². The fraction of sp³-hybridized carbons (Fsp3) is 0.435. The highest BCUT2D eigenvalue weighted by Gasteiger charge is 2.22. The number of hydrogen-bond donors (Lipinski definition) is 0. The van der Waals surface area contributed by atoms with Crippen LogP contribution in [0.1, 0.15) is 25.3 Å². The maximum Gasteiger partial charge on any atom is 0.246 e. The van der Waals surface area contributed by atoms with Gasteiger partial charge in [-0.25, -0.2) is 0 Å². The Morgan fingerprint density at radius 2 is 1.45 bits per heavy atom. The van der Waals surface area contributed by atoms with Gasteiger partial charge in [-0.2, -0.15) is 0 Å². The van der Waals surface area contributed by atoms with Gasteiger partial charge in [-0.05, 0) is 42.5 Å². The number of anilines is 2. The number of piperazine rings is 1. The van der Waals surface area contributed by atoms with Crippen LogP contribution in [0.15, 0.2) is 48.5 Å². The van der Waals surface area contributed by atoms with Crippen LogP contribution in [0.25, 0.3) is 6.08 Å². The molecule has 0 aliphatic carbocycles. The second kappa shape index (κ2) is 9.07. The topological polar surface area (TPSA) is 52.6 Å². The van der Waals surface area contributed by atoms with E-state index < -0.39 is 0 Å². The lowest BCUT2D eigenvalue weighted by atomic mass is 9.99. The van der Waals surface area contributed by atoms with Gasteiger partial charge in [0, 0.05) is 45.3 Å². The van der Waals surface area contributed by atoms with Gasteiger partial charge in [0.15, 0.2) is 11.6 Å². The van der Waals surface area contributed by atoms with E-state index in [9.17, 15) is 4.79 Å². The Morgan fingerprint density at radius 3 is 2.03 bits per heavy atom. The number of amides is 1. The number of hydrogen-bond acceptors (Lipinski definition) is 5. The van der Waals surface area contributed by atoms with E-state index in [1.807, 2.05) is 41.3 Å². The average Bonchev–Trinajstić information content (AvgIpc) is 2.79. The normalized spacial score (nSPS) is 18.4. The van der Waals surface area contributed by atoms with Crippen LogP contribution in [0.5, 0.6) is 0 Å². The summed E-state index contributed by atoms with van der Waals surface area (Å²) in [6, 6.07) is 14.1. The molecule has 152 valence electrons. The lowest BCUT2D eigenvalue weighted by molar-refractivity contribution is -0.126. The Balaban J connectivity index is 1.29. The second-order valence-corrected chi connectivity index (χ2v) is 7.98. The van der Waals surface area contributed by atoms with E-state index in [-0.39, 0.29) is 5.91 Å². The Labute approximate surface area is 172 Å². The molecular formula is C23H29N5O. The molecule has 0 saturated carbocycles. The molecular weight excluding hydrogens is 362 g/mol. The minimum atomic E-state index is 0.0641. The summed E-state index contributed by atoms with van der Waals surface area (Å²) in [5.74, 6) is 2.74. The largest absolute Gasteiger partial charge is 0.355 e. The van der Waals surface area contributed by atoms with E-state index in [4.69, 9.17) is 0 Å². The maximum absolute atomic E-state index is 12.4. The van der Waals surface area contributed by atoms with E-state index in [0.717, 1.165) is 49.3 Å².